The lowest BCUT2D eigenvalue weighted by atomic mass is 9.90. The summed E-state index contributed by atoms with van der Waals surface area (Å²) in [4.78, 5) is 22.8. The number of hydrogen-bond acceptors (Lipinski definition) is 4. The predicted octanol–water partition coefficient (Wildman–Crippen LogP) is 2.55. The van der Waals surface area contributed by atoms with Crippen LogP contribution in [0.5, 0.6) is 0 Å². The summed E-state index contributed by atoms with van der Waals surface area (Å²) in [7, 11) is -3.57. The molecule has 0 atom stereocenters. The number of aromatic carboxylic acids is 1. The van der Waals surface area contributed by atoms with Crippen molar-refractivity contribution < 1.29 is 23.1 Å². The van der Waals surface area contributed by atoms with Gasteiger partial charge in [0, 0.05) is 18.4 Å². The topological polar surface area (TPSA) is 101 Å². The first-order chi connectivity index (χ1) is 9.88. The van der Waals surface area contributed by atoms with E-state index in [1.807, 2.05) is 20.8 Å². The van der Waals surface area contributed by atoms with Gasteiger partial charge in [-0.3, -0.25) is 4.79 Å². The van der Waals surface area contributed by atoms with Crippen LogP contribution in [0.4, 0.5) is 5.69 Å². The van der Waals surface area contributed by atoms with Gasteiger partial charge in [-0.25, -0.2) is 13.2 Å². The molecule has 6 nitrogen and oxygen atoms in total. The zero-order chi connectivity index (χ0) is 17.1. The molecule has 0 heterocycles. The fraction of sp³-hybridized carbons (Fsp3) is 0.467. The zero-order valence-electron chi connectivity index (χ0n) is 13.1. The van der Waals surface area contributed by atoms with E-state index in [9.17, 15) is 18.0 Å². The number of carbonyl (C=O) groups is 2. The van der Waals surface area contributed by atoms with Crippen LogP contribution < -0.4 is 5.32 Å². The third-order valence-corrected chi connectivity index (χ3v) is 4.06. The van der Waals surface area contributed by atoms with Crippen molar-refractivity contribution in [2.24, 2.45) is 5.41 Å². The normalized spacial score (nSPS) is 12.0. The van der Waals surface area contributed by atoms with Gasteiger partial charge in [0.1, 0.15) is 0 Å². The second-order valence-corrected chi connectivity index (χ2v) is 8.45. The molecule has 22 heavy (non-hydrogen) atoms. The Kier molecular flexibility index (Phi) is 5.35. The number of benzene rings is 1. The smallest absolute Gasteiger partial charge is 0.335 e. The molecule has 1 aromatic rings. The van der Waals surface area contributed by atoms with Crippen LogP contribution in [0.1, 0.15) is 44.0 Å². The molecule has 0 aliphatic heterocycles. The first-order valence-electron chi connectivity index (χ1n) is 6.77. The Morgan fingerprint density at radius 2 is 1.77 bits per heavy atom. The van der Waals surface area contributed by atoms with Gasteiger partial charge in [-0.15, -0.1) is 0 Å². The third-order valence-electron chi connectivity index (χ3n) is 2.97. The highest BCUT2D eigenvalue weighted by Gasteiger charge is 2.16. The number of hydrogen-bond donors (Lipinski definition) is 2. The standard InChI is InChI=1S/C15H21NO5S/c1-15(2,3)6-5-13(17)16-11-7-10(14(18)19)8-12(9-11)22(4,20)21/h7-9H,5-6H2,1-4H3,(H,16,17)(H,18,19). The van der Waals surface area contributed by atoms with Gasteiger partial charge < -0.3 is 10.4 Å². The third kappa shape index (κ3) is 5.85. The zero-order valence-corrected chi connectivity index (χ0v) is 14.0. The molecule has 0 saturated carbocycles. The monoisotopic (exact) mass is 327 g/mol. The van der Waals surface area contributed by atoms with E-state index >= 15 is 0 Å². The molecule has 1 aromatic carbocycles. The predicted molar refractivity (Wildman–Crippen MR) is 83.8 cm³/mol. The Labute approximate surface area is 130 Å². The van der Waals surface area contributed by atoms with Gasteiger partial charge >= 0.3 is 5.97 Å². The number of carboxylic acid groups (broad SMARTS) is 1. The van der Waals surface area contributed by atoms with E-state index in [1.54, 1.807) is 0 Å². The van der Waals surface area contributed by atoms with Crippen LogP contribution >= 0.6 is 0 Å². The minimum Gasteiger partial charge on any atom is -0.478 e. The average molecular weight is 327 g/mol. The molecule has 0 aromatic heterocycles. The molecule has 0 fully saturated rings. The summed E-state index contributed by atoms with van der Waals surface area (Å²) < 4.78 is 23.2. The second kappa shape index (κ2) is 6.48. The molecule has 1 amide bonds. The maximum Gasteiger partial charge on any atom is 0.335 e. The number of anilines is 1. The summed E-state index contributed by atoms with van der Waals surface area (Å²) >= 11 is 0. The van der Waals surface area contributed by atoms with Crippen LogP contribution in [0.2, 0.25) is 0 Å². The van der Waals surface area contributed by atoms with E-state index in [4.69, 9.17) is 5.11 Å². The van der Waals surface area contributed by atoms with Crippen LogP contribution in [0.3, 0.4) is 0 Å². The Bertz CT molecular complexity index is 686. The fourth-order valence-electron chi connectivity index (χ4n) is 1.72. The van der Waals surface area contributed by atoms with Gasteiger partial charge in [0.25, 0.3) is 0 Å². The second-order valence-electron chi connectivity index (χ2n) is 6.43. The molecule has 0 aliphatic rings. The Morgan fingerprint density at radius 1 is 1.18 bits per heavy atom. The van der Waals surface area contributed by atoms with Crippen molar-refractivity contribution >= 4 is 27.4 Å². The SMILES string of the molecule is CC(C)(C)CCC(=O)Nc1cc(C(=O)O)cc(S(C)(=O)=O)c1. The minimum atomic E-state index is -3.57. The van der Waals surface area contributed by atoms with Gasteiger partial charge in [-0.2, -0.15) is 0 Å². The molecule has 2 N–H and O–H groups in total. The van der Waals surface area contributed by atoms with E-state index in [-0.39, 0.29) is 33.9 Å². The van der Waals surface area contributed by atoms with Crippen LogP contribution in [0.15, 0.2) is 23.1 Å². The number of rotatable bonds is 5. The summed E-state index contributed by atoms with van der Waals surface area (Å²) in [5.74, 6) is -1.53. The van der Waals surface area contributed by atoms with Crippen molar-refractivity contribution in [3.05, 3.63) is 23.8 Å². The Balaban J connectivity index is 3.02. The number of sulfone groups is 1. The fourth-order valence-corrected chi connectivity index (χ4v) is 2.40. The summed E-state index contributed by atoms with van der Waals surface area (Å²) in [5, 5.41) is 11.6. The molecular weight excluding hydrogens is 306 g/mol. The van der Waals surface area contributed by atoms with E-state index in [2.05, 4.69) is 5.32 Å². The molecule has 122 valence electrons. The van der Waals surface area contributed by atoms with Crippen molar-refractivity contribution in [3.8, 4) is 0 Å². The summed E-state index contributed by atoms with van der Waals surface area (Å²) in [6.45, 7) is 6.02. The minimum absolute atomic E-state index is 0.00181. The molecular formula is C15H21NO5S. The van der Waals surface area contributed by atoms with E-state index in [1.165, 1.54) is 12.1 Å². The maximum atomic E-state index is 11.9. The lowest BCUT2D eigenvalue weighted by molar-refractivity contribution is -0.116. The van der Waals surface area contributed by atoms with Crippen LogP contribution in [-0.2, 0) is 14.6 Å². The summed E-state index contributed by atoms with van der Waals surface area (Å²) in [6.07, 6.45) is 1.92. The summed E-state index contributed by atoms with van der Waals surface area (Å²) in [5.41, 5.74) is -0.0219. The van der Waals surface area contributed by atoms with Gasteiger partial charge in [-0.05, 0) is 30.0 Å². The lowest BCUT2D eigenvalue weighted by Crippen LogP contribution is -2.16. The highest BCUT2D eigenvalue weighted by molar-refractivity contribution is 7.90. The van der Waals surface area contributed by atoms with Crippen molar-refractivity contribution in [2.45, 2.75) is 38.5 Å². The van der Waals surface area contributed by atoms with Gasteiger partial charge in [0.05, 0.1) is 10.5 Å². The largest absolute Gasteiger partial charge is 0.478 e. The van der Waals surface area contributed by atoms with Gasteiger partial charge in [0.15, 0.2) is 9.84 Å². The van der Waals surface area contributed by atoms with Crippen molar-refractivity contribution in [1.82, 2.24) is 0 Å². The molecule has 7 heteroatoms. The highest BCUT2D eigenvalue weighted by Crippen LogP contribution is 2.22. The molecule has 0 aliphatic carbocycles. The number of amides is 1. The van der Waals surface area contributed by atoms with E-state index in [0.29, 0.717) is 6.42 Å². The van der Waals surface area contributed by atoms with Gasteiger partial charge in [-0.1, -0.05) is 20.8 Å². The number of carbonyl (C=O) groups excluding carboxylic acids is 1. The van der Waals surface area contributed by atoms with E-state index in [0.717, 1.165) is 12.3 Å². The van der Waals surface area contributed by atoms with E-state index < -0.39 is 15.8 Å². The molecule has 0 unspecified atom stereocenters. The quantitative estimate of drug-likeness (QED) is 0.865. The average Bonchev–Trinajstić information content (AvgIpc) is 2.34. The number of carboxylic acids is 1. The lowest BCUT2D eigenvalue weighted by Gasteiger charge is -2.17. The molecule has 1 rings (SSSR count). The molecule has 0 bridgehead atoms. The van der Waals surface area contributed by atoms with Gasteiger partial charge in [0.2, 0.25) is 5.91 Å². The number of nitrogens with one attached hydrogen (secondary N) is 1. The van der Waals surface area contributed by atoms with Crippen LogP contribution in [-0.4, -0.2) is 31.7 Å². The van der Waals surface area contributed by atoms with Crippen LogP contribution in [0, 0.1) is 5.41 Å². The first kappa shape index (κ1) is 18.2. The van der Waals surface area contributed by atoms with Crippen LogP contribution in [0.25, 0.3) is 0 Å². The Morgan fingerprint density at radius 3 is 2.23 bits per heavy atom. The van der Waals surface area contributed by atoms with Crippen molar-refractivity contribution in [3.63, 3.8) is 0 Å². The molecule has 0 radical (unpaired) electrons. The maximum absolute atomic E-state index is 11.9. The van der Waals surface area contributed by atoms with Crippen molar-refractivity contribution in [1.29, 1.82) is 0 Å². The highest BCUT2D eigenvalue weighted by atomic mass is 32.2. The molecule has 0 saturated heterocycles. The first-order valence-corrected chi connectivity index (χ1v) is 8.66. The van der Waals surface area contributed by atoms with Crippen molar-refractivity contribution in [2.75, 3.05) is 11.6 Å². The molecule has 0 spiro atoms. The Hall–Kier alpha value is -1.89. The summed E-state index contributed by atoms with van der Waals surface area (Å²) in [6, 6.07) is 3.57.